The summed E-state index contributed by atoms with van der Waals surface area (Å²) >= 11 is 0. The van der Waals surface area contributed by atoms with Gasteiger partial charge in [-0.25, -0.2) is 5.43 Å². The van der Waals surface area contributed by atoms with Crippen molar-refractivity contribution in [1.82, 2.24) is 15.8 Å². The third-order valence-corrected chi connectivity index (χ3v) is 6.86. The summed E-state index contributed by atoms with van der Waals surface area (Å²) in [6.45, 7) is 0.111. The van der Waals surface area contributed by atoms with E-state index in [4.69, 9.17) is 0 Å². The first-order chi connectivity index (χ1) is 12.6. The molecule has 0 unspecified atom stereocenters. The lowest BCUT2D eigenvalue weighted by atomic mass is 9.49. The van der Waals surface area contributed by atoms with Crippen LogP contribution in [0.15, 0.2) is 30.5 Å². The zero-order valence-electron chi connectivity index (χ0n) is 14.9. The van der Waals surface area contributed by atoms with Gasteiger partial charge in [-0.1, -0.05) is 18.2 Å². The predicted octanol–water partition coefficient (Wildman–Crippen LogP) is 3.19. The maximum absolute atomic E-state index is 12.9. The van der Waals surface area contributed by atoms with Crippen molar-refractivity contribution >= 4 is 22.6 Å². The van der Waals surface area contributed by atoms with Gasteiger partial charge >= 0.3 is 0 Å². The van der Waals surface area contributed by atoms with E-state index in [0.717, 1.165) is 47.9 Å². The molecule has 0 spiro atoms. The van der Waals surface area contributed by atoms with Crippen molar-refractivity contribution < 1.29 is 9.59 Å². The molecule has 2 aromatic rings. The number of hydrogen-bond acceptors (Lipinski definition) is 3. The summed E-state index contributed by atoms with van der Waals surface area (Å²) in [6, 6.07) is 7.76. The fourth-order valence-electron chi connectivity index (χ4n) is 6.12. The zero-order valence-corrected chi connectivity index (χ0v) is 14.9. The number of ketones is 1. The third-order valence-electron chi connectivity index (χ3n) is 6.86. The van der Waals surface area contributed by atoms with Crippen molar-refractivity contribution in [1.29, 1.82) is 0 Å². The molecular formula is C21H25N3O2. The lowest BCUT2D eigenvalue weighted by Gasteiger charge is -2.55. The number of nitrogens with one attached hydrogen (secondary N) is 3. The Bertz CT molecular complexity index is 834. The summed E-state index contributed by atoms with van der Waals surface area (Å²) in [5.74, 6) is 2.29. The molecule has 4 fully saturated rings. The molecule has 0 atom stereocenters. The van der Waals surface area contributed by atoms with Gasteiger partial charge in [-0.15, -0.1) is 0 Å². The van der Waals surface area contributed by atoms with Crippen LogP contribution in [0.4, 0.5) is 0 Å². The molecule has 6 rings (SSSR count). The van der Waals surface area contributed by atoms with E-state index in [1.807, 2.05) is 24.3 Å². The number of carbonyl (C=O) groups excluding carboxylic acids is 2. The maximum atomic E-state index is 12.9. The number of hydrogen-bond donors (Lipinski definition) is 3. The van der Waals surface area contributed by atoms with Crippen LogP contribution in [-0.2, 0) is 4.79 Å². The second-order valence-electron chi connectivity index (χ2n) is 8.68. The summed E-state index contributed by atoms with van der Waals surface area (Å²) in [5, 5.41) is 0.923. The van der Waals surface area contributed by atoms with Crippen LogP contribution >= 0.6 is 0 Å². The van der Waals surface area contributed by atoms with Crippen LogP contribution in [0.3, 0.4) is 0 Å². The Kier molecular flexibility index (Phi) is 3.67. The summed E-state index contributed by atoms with van der Waals surface area (Å²) in [7, 11) is 0. The van der Waals surface area contributed by atoms with E-state index in [1.165, 1.54) is 19.3 Å². The molecule has 0 aliphatic heterocycles. The molecule has 0 saturated heterocycles. The highest BCUT2D eigenvalue weighted by molar-refractivity contribution is 6.08. The number of Topliss-reactive ketones (excluding diaryl/α,β-unsaturated/α-hetero) is 1. The number of para-hydroxylation sites is 1. The van der Waals surface area contributed by atoms with Crippen LogP contribution in [0.5, 0.6) is 0 Å². The number of rotatable bonds is 5. The second-order valence-corrected chi connectivity index (χ2v) is 8.68. The van der Waals surface area contributed by atoms with Gasteiger partial charge in [0.25, 0.3) is 0 Å². The van der Waals surface area contributed by atoms with E-state index in [2.05, 4.69) is 15.8 Å². The monoisotopic (exact) mass is 351 g/mol. The van der Waals surface area contributed by atoms with Crippen molar-refractivity contribution in [2.45, 2.75) is 38.5 Å². The Morgan fingerprint density at radius 2 is 1.69 bits per heavy atom. The number of fused-ring (bicyclic) bond motifs is 1. The standard InChI is InChI=1S/C21H25N3O2/c25-19(17-11-22-18-4-2-1-3-16(17)18)12-23-24-20(26)21-8-13-5-14(9-21)7-15(6-13)10-21/h1-4,11,13-15,22-23H,5-10,12H2,(H,24,26). The van der Waals surface area contributed by atoms with Crippen LogP contribution < -0.4 is 10.9 Å². The van der Waals surface area contributed by atoms with Gasteiger partial charge in [-0.05, 0) is 62.3 Å². The molecule has 4 saturated carbocycles. The number of amides is 1. The molecule has 136 valence electrons. The van der Waals surface area contributed by atoms with E-state index in [9.17, 15) is 9.59 Å². The molecule has 1 heterocycles. The molecular weight excluding hydrogens is 326 g/mol. The smallest absolute Gasteiger partial charge is 0.240 e. The van der Waals surface area contributed by atoms with Crippen molar-refractivity contribution in [2.75, 3.05) is 6.54 Å². The molecule has 1 aromatic heterocycles. The number of H-pyrrole nitrogens is 1. The van der Waals surface area contributed by atoms with Gasteiger partial charge in [-0.2, -0.15) is 0 Å². The Labute approximate surface area is 152 Å². The fraction of sp³-hybridized carbons (Fsp3) is 0.524. The zero-order chi connectivity index (χ0) is 17.7. The number of aromatic amines is 1. The predicted molar refractivity (Wildman–Crippen MR) is 99.4 cm³/mol. The van der Waals surface area contributed by atoms with Crippen LogP contribution in [0, 0.1) is 23.2 Å². The van der Waals surface area contributed by atoms with Gasteiger partial charge < -0.3 is 4.98 Å². The SMILES string of the molecule is O=C(CNNC(=O)C12CC3CC(CC(C3)C1)C2)c1c[nH]c2ccccc12. The number of aromatic nitrogens is 1. The van der Waals surface area contributed by atoms with Gasteiger partial charge in [0.2, 0.25) is 5.91 Å². The van der Waals surface area contributed by atoms with Gasteiger partial charge in [0, 0.05) is 22.7 Å². The maximum Gasteiger partial charge on any atom is 0.240 e. The van der Waals surface area contributed by atoms with E-state index >= 15 is 0 Å². The lowest BCUT2D eigenvalue weighted by Crippen LogP contribution is -2.56. The largest absolute Gasteiger partial charge is 0.360 e. The van der Waals surface area contributed by atoms with Gasteiger partial charge in [-0.3, -0.25) is 15.0 Å². The molecule has 1 amide bonds. The van der Waals surface area contributed by atoms with Gasteiger partial charge in [0.15, 0.2) is 5.78 Å². The van der Waals surface area contributed by atoms with Crippen LogP contribution in [0.2, 0.25) is 0 Å². The minimum atomic E-state index is -0.189. The Hall–Kier alpha value is -2.14. The molecule has 26 heavy (non-hydrogen) atoms. The highest BCUT2D eigenvalue weighted by atomic mass is 16.2. The first kappa shape index (κ1) is 16.1. The summed E-state index contributed by atoms with van der Waals surface area (Å²) < 4.78 is 0. The van der Waals surface area contributed by atoms with E-state index in [0.29, 0.717) is 5.56 Å². The molecule has 1 aromatic carbocycles. The van der Waals surface area contributed by atoms with Gasteiger partial charge in [0.1, 0.15) is 0 Å². The Morgan fingerprint density at radius 3 is 2.38 bits per heavy atom. The molecule has 4 bridgehead atoms. The van der Waals surface area contributed by atoms with Gasteiger partial charge in [0.05, 0.1) is 12.0 Å². The molecule has 5 nitrogen and oxygen atoms in total. The Morgan fingerprint density at radius 1 is 1.04 bits per heavy atom. The number of hydrazine groups is 1. The van der Waals surface area contributed by atoms with E-state index < -0.39 is 0 Å². The lowest BCUT2D eigenvalue weighted by molar-refractivity contribution is -0.147. The van der Waals surface area contributed by atoms with E-state index in [1.54, 1.807) is 6.20 Å². The second kappa shape index (κ2) is 5.95. The molecule has 4 aliphatic rings. The van der Waals surface area contributed by atoms with Crippen molar-refractivity contribution in [2.24, 2.45) is 23.2 Å². The van der Waals surface area contributed by atoms with Crippen molar-refractivity contribution in [3.05, 3.63) is 36.0 Å². The topological polar surface area (TPSA) is 74.0 Å². The average molecular weight is 351 g/mol. The van der Waals surface area contributed by atoms with Crippen molar-refractivity contribution in [3.63, 3.8) is 0 Å². The van der Waals surface area contributed by atoms with Crippen LogP contribution in [0.1, 0.15) is 48.9 Å². The Balaban J connectivity index is 1.22. The highest BCUT2D eigenvalue weighted by Gasteiger charge is 2.54. The third kappa shape index (κ3) is 2.57. The van der Waals surface area contributed by atoms with E-state index in [-0.39, 0.29) is 23.7 Å². The summed E-state index contributed by atoms with van der Waals surface area (Å²) in [5.41, 5.74) is 7.19. The molecule has 5 heteroatoms. The normalized spacial score (nSPS) is 32.1. The molecule has 4 aliphatic carbocycles. The van der Waals surface area contributed by atoms with Crippen molar-refractivity contribution in [3.8, 4) is 0 Å². The summed E-state index contributed by atoms with van der Waals surface area (Å²) in [4.78, 5) is 28.5. The quantitative estimate of drug-likeness (QED) is 0.572. The highest BCUT2D eigenvalue weighted by Crippen LogP contribution is 2.60. The number of carbonyl (C=O) groups is 2. The first-order valence-electron chi connectivity index (χ1n) is 9.75. The number of benzene rings is 1. The van der Waals surface area contributed by atoms with Crippen LogP contribution in [0.25, 0.3) is 10.9 Å². The first-order valence-corrected chi connectivity index (χ1v) is 9.75. The minimum Gasteiger partial charge on any atom is -0.360 e. The molecule has 3 N–H and O–H groups in total. The fourth-order valence-corrected chi connectivity index (χ4v) is 6.12. The summed E-state index contributed by atoms with van der Waals surface area (Å²) in [6.07, 6.45) is 8.79. The molecule has 0 radical (unpaired) electrons. The average Bonchev–Trinajstić information content (AvgIpc) is 3.04. The minimum absolute atomic E-state index is 0.0201. The van der Waals surface area contributed by atoms with Crippen LogP contribution in [-0.4, -0.2) is 23.2 Å².